The largest absolute Gasteiger partial charge is 0.329 e. The Morgan fingerprint density at radius 1 is 1.24 bits per heavy atom. The SMILES string of the molecule is CC1CCCC(N(C)C(CN)c2cccc(C3CC3)c2)C1. The van der Waals surface area contributed by atoms with Crippen molar-refractivity contribution in [2.75, 3.05) is 13.6 Å². The molecular weight excluding hydrogens is 256 g/mol. The summed E-state index contributed by atoms with van der Waals surface area (Å²) in [7, 11) is 2.28. The molecule has 2 fully saturated rings. The molecule has 1 aromatic carbocycles. The smallest absolute Gasteiger partial charge is 0.0470 e. The van der Waals surface area contributed by atoms with Crippen LogP contribution < -0.4 is 5.73 Å². The third-order valence-electron chi connectivity index (χ3n) is 5.54. The fourth-order valence-electron chi connectivity index (χ4n) is 4.00. The summed E-state index contributed by atoms with van der Waals surface area (Å²) >= 11 is 0. The molecule has 116 valence electrons. The van der Waals surface area contributed by atoms with Gasteiger partial charge in [-0.25, -0.2) is 0 Å². The van der Waals surface area contributed by atoms with Crippen molar-refractivity contribution in [1.29, 1.82) is 0 Å². The zero-order chi connectivity index (χ0) is 14.8. The Labute approximate surface area is 129 Å². The molecule has 3 atom stereocenters. The molecule has 2 heteroatoms. The van der Waals surface area contributed by atoms with E-state index >= 15 is 0 Å². The molecule has 3 rings (SSSR count). The van der Waals surface area contributed by atoms with Gasteiger partial charge < -0.3 is 5.73 Å². The first-order valence-electron chi connectivity index (χ1n) is 8.71. The number of benzene rings is 1. The normalized spacial score (nSPS) is 27.8. The van der Waals surface area contributed by atoms with Gasteiger partial charge in [-0.3, -0.25) is 4.90 Å². The van der Waals surface area contributed by atoms with Gasteiger partial charge in [-0.15, -0.1) is 0 Å². The molecule has 2 N–H and O–H groups in total. The van der Waals surface area contributed by atoms with Crippen LogP contribution in [0.1, 0.15) is 68.5 Å². The van der Waals surface area contributed by atoms with E-state index in [4.69, 9.17) is 5.73 Å². The number of rotatable bonds is 5. The number of hydrogen-bond donors (Lipinski definition) is 1. The van der Waals surface area contributed by atoms with Gasteiger partial charge in [0.05, 0.1) is 0 Å². The first kappa shape index (κ1) is 15.1. The summed E-state index contributed by atoms with van der Waals surface area (Å²) in [5, 5.41) is 0. The number of nitrogens with zero attached hydrogens (tertiary/aromatic N) is 1. The van der Waals surface area contributed by atoms with Gasteiger partial charge in [0.25, 0.3) is 0 Å². The van der Waals surface area contributed by atoms with E-state index in [1.165, 1.54) is 49.7 Å². The van der Waals surface area contributed by atoms with E-state index in [1.54, 1.807) is 0 Å². The lowest BCUT2D eigenvalue weighted by Gasteiger charge is -2.39. The first-order valence-corrected chi connectivity index (χ1v) is 8.71. The summed E-state index contributed by atoms with van der Waals surface area (Å²) in [5.74, 6) is 1.69. The van der Waals surface area contributed by atoms with E-state index in [0.29, 0.717) is 12.1 Å². The summed E-state index contributed by atoms with van der Waals surface area (Å²) < 4.78 is 0. The van der Waals surface area contributed by atoms with Crippen molar-refractivity contribution >= 4 is 0 Å². The molecule has 0 aromatic heterocycles. The molecule has 1 aromatic rings. The molecule has 2 saturated carbocycles. The third-order valence-corrected chi connectivity index (χ3v) is 5.54. The van der Waals surface area contributed by atoms with Crippen LogP contribution in [-0.2, 0) is 0 Å². The van der Waals surface area contributed by atoms with Crippen LogP contribution in [-0.4, -0.2) is 24.5 Å². The minimum absolute atomic E-state index is 0.374. The van der Waals surface area contributed by atoms with Gasteiger partial charge >= 0.3 is 0 Å². The van der Waals surface area contributed by atoms with Gasteiger partial charge in [0, 0.05) is 18.6 Å². The van der Waals surface area contributed by atoms with Crippen LogP contribution in [0.25, 0.3) is 0 Å². The minimum atomic E-state index is 0.374. The molecule has 0 bridgehead atoms. The first-order chi connectivity index (χ1) is 10.2. The van der Waals surface area contributed by atoms with Crippen molar-refractivity contribution in [3.63, 3.8) is 0 Å². The summed E-state index contributed by atoms with van der Waals surface area (Å²) in [6.45, 7) is 3.11. The topological polar surface area (TPSA) is 29.3 Å². The Kier molecular flexibility index (Phi) is 4.66. The molecule has 2 nitrogen and oxygen atoms in total. The Morgan fingerprint density at radius 2 is 2.05 bits per heavy atom. The number of hydrogen-bond acceptors (Lipinski definition) is 2. The predicted octanol–water partition coefficient (Wildman–Crippen LogP) is 4.07. The molecule has 2 aliphatic carbocycles. The zero-order valence-corrected chi connectivity index (χ0v) is 13.6. The third kappa shape index (κ3) is 3.49. The maximum atomic E-state index is 6.15. The van der Waals surface area contributed by atoms with Crippen molar-refractivity contribution in [3.05, 3.63) is 35.4 Å². The zero-order valence-electron chi connectivity index (χ0n) is 13.6. The minimum Gasteiger partial charge on any atom is -0.329 e. The van der Waals surface area contributed by atoms with Crippen LogP contribution >= 0.6 is 0 Å². The maximum Gasteiger partial charge on any atom is 0.0470 e. The van der Waals surface area contributed by atoms with Crippen LogP contribution in [0.15, 0.2) is 24.3 Å². The van der Waals surface area contributed by atoms with E-state index in [9.17, 15) is 0 Å². The Balaban J connectivity index is 1.75. The van der Waals surface area contributed by atoms with Gasteiger partial charge in [-0.2, -0.15) is 0 Å². The molecule has 21 heavy (non-hydrogen) atoms. The average molecular weight is 286 g/mol. The predicted molar refractivity (Wildman–Crippen MR) is 89.4 cm³/mol. The quantitative estimate of drug-likeness (QED) is 0.884. The lowest BCUT2D eigenvalue weighted by Crippen LogP contribution is -2.41. The maximum absolute atomic E-state index is 6.15. The molecule has 0 amide bonds. The molecule has 3 unspecified atom stereocenters. The van der Waals surface area contributed by atoms with E-state index in [2.05, 4.69) is 43.1 Å². The van der Waals surface area contributed by atoms with Gasteiger partial charge in [0.1, 0.15) is 0 Å². The van der Waals surface area contributed by atoms with Crippen LogP contribution in [0.2, 0.25) is 0 Å². The van der Waals surface area contributed by atoms with Crippen LogP contribution in [0.3, 0.4) is 0 Å². The highest BCUT2D eigenvalue weighted by Crippen LogP contribution is 2.41. The van der Waals surface area contributed by atoms with Crippen LogP contribution in [0.5, 0.6) is 0 Å². The van der Waals surface area contributed by atoms with E-state index < -0.39 is 0 Å². The second-order valence-electron chi connectivity index (χ2n) is 7.29. The Morgan fingerprint density at radius 3 is 2.71 bits per heavy atom. The van der Waals surface area contributed by atoms with Crippen molar-refractivity contribution in [1.82, 2.24) is 4.90 Å². The van der Waals surface area contributed by atoms with Gasteiger partial charge in [0.2, 0.25) is 0 Å². The number of nitrogens with two attached hydrogens (primary N) is 1. The molecule has 2 aliphatic rings. The monoisotopic (exact) mass is 286 g/mol. The van der Waals surface area contributed by atoms with Crippen molar-refractivity contribution in [2.24, 2.45) is 11.7 Å². The lowest BCUT2D eigenvalue weighted by molar-refractivity contribution is 0.121. The fourth-order valence-corrected chi connectivity index (χ4v) is 4.00. The van der Waals surface area contributed by atoms with E-state index in [-0.39, 0.29) is 0 Å². The second-order valence-corrected chi connectivity index (χ2v) is 7.29. The van der Waals surface area contributed by atoms with Crippen molar-refractivity contribution in [2.45, 2.75) is 63.5 Å². The average Bonchev–Trinajstić information content (AvgIpc) is 3.33. The van der Waals surface area contributed by atoms with Gasteiger partial charge in [0.15, 0.2) is 0 Å². The fraction of sp³-hybridized carbons (Fsp3) is 0.684. The highest BCUT2D eigenvalue weighted by molar-refractivity contribution is 5.31. The van der Waals surface area contributed by atoms with E-state index in [1.807, 2.05) is 0 Å². The molecule has 0 spiro atoms. The van der Waals surface area contributed by atoms with E-state index in [0.717, 1.165) is 18.4 Å². The van der Waals surface area contributed by atoms with Gasteiger partial charge in [-0.1, -0.05) is 44.0 Å². The summed E-state index contributed by atoms with van der Waals surface area (Å²) in [6.07, 6.45) is 8.17. The Hall–Kier alpha value is -0.860. The highest BCUT2D eigenvalue weighted by atomic mass is 15.2. The lowest BCUT2D eigenvalue weighted by atomic mass is 9.85. The summed E-state index contributed by atoms with van der Waals surface area (Å²) in [5.41, 5.74) is 9.09. The van der Waals surface area contributed by atoms with Gasteiger partial charge in [-0.05, 0) is 55.7 Å². The molecule has 0 heterocycles. The molecular formula is C19H30N2. The molecule has 0 radical (unpaired) electrons. The standard InChI is InChI=1S/C19H30N2/c1-14-5-3-8-18(11-14)21(2)19(13-20)17-7-4-6-16(12-17)15-9-10-15/h4,6-7,12,14-15,18-19H,3,5,8-11,13,20H2,1-2H3. The molecule has 0 saturated heterocycles. The summed E-state index contributed by atoms with van der Waals surface area (Å²) in [4.78, 5) is 2.56. The van der Waals surface area contributed by atoms with Crippen LogP contribution in [0.4, 0.5) is 0 Å². The Bertz CT molecular complexity index is 466. The van der Waals surface area contributed by atoms with Crippen molar-refractivity contribution < 1.29 is 0 Å². The highest BCUT2D eigenvalue weighted by Gasteiger charge is 2.28. The van der Waals surface area contributed by atoms with Crippen LogP contribution in [0, 0.1) is 5.92 Å². The second kappa shape index (κ2) is 6.50. The summed E-state index contributed by atoms with van der Waals surface area (Å²) in [6, 6.07) is 10.3. The van der Waals surface area contributed by atoms with Crippen molar-refractivity contribution in [3.8, 4) is 0 Å². The number of likely N-dealkylation sites (N-methyl/N-ethyl adjacent to an activating group) is 1. The molecule has 0 aliphatic heterocycles.